The Labute approximate surface area is 141 Å². The number of amides is 1. The van der Waals surface area contributed by atoms with Gasteiger partial charge in [-0.1, -0.05) is 35.0 Å². The molecule has 0 atom stereocenters. The van der Waals surface area contributed by atoms with E-state index >= 15 is 0 Å². The largest absolute Gasteiger partial charge is 0.452 e. The van der Waals surface area contributed by atoms with E-state index < -0.39 is 24.3 Å². The third kappa shape index (κ3) is 4.89. The van der Waals surface area contributed by atoms with Gasteiger partial charge in [-0.15, -0.1) is 0 Å². The molecule has 0 aliphatic carbocycles. The molecule has 0 radical (unpaired) electrons. The second-order valence-electron chi connectivity index (χ2n) is 4.80. The first-order chi connectivity index (χ1) is 11.0. The summed E-state index contributed by atoms with van der Waals surface area (Å²) >= 11 is 3.15. The molecule has 0 saturated carbocycles. The molecule has 0 aliphatic rings. The number of hydrogen-bond donors (Lipinski definition) is 1. The number of rotatable bonds is 5. The molecular weight excluding hydrogens is 365 g/mol. The molecule has 0 fully saturated rings. The lowest BCUT2D eigenvalue weighted by atomic mass is 10.1. The van der Waals surface area contributed by atoms with Crippen molar-refractivity contribution < 1.29 is 18.7 Å². The van der Waals surface area contributed by atoms with Crippen LogP contribution in [0.5, 0.6) is 0 Å². The van der Waals surface area contributed by atoms with Gasteiger partial charge < -0.3 is 10.1 Å². The molecule has 0 unspecified atom stereocenters. The molecule has 2 aromatic rings. The average molecular weight is 380 g/mol. The number of ether oxygens (including phenoxy) is 1. The van der Waals surface area contributed by atoms with Crippen LogP contribution in [0.15, 0.2) is 46.9 Å². The molecule has 1 amide bonds. The third-order valence-corrected chi connectivity index (χ3v) is 3.62. The van der Waals surface area contributed by atoms with Crippen molar-refractivity contribution in [3.63, 3.8) is 0 Å². The number of nitrogens with one attached hydrogen (secondary N) is 1. The minimum atomic E-state index is -0.889. The number of carbonyl (C=O) groups excluding carboxylic acids is 2. The van der Waals surface area contributed by atoms with Crippen LogP contribution in [0.3, 0.4) is 0 Å². The number of anilines is 1. The quantitative estimate of drug-likeness (QED) is 0.800. The predicted octanol–water partition coefficient (Wildman–Crippen LogP) is 3.95. The van der Waals surface area contributed by atoms with Crippen LogP contribution in [-0.2, 0) is 16.0 Å². The van der Waals surface area contributed by atoms with Crippen LogP contribution in [0, 0.1) is 5.82 Å². The van der Waals surface area contributed by atoms with Crippen molar-refractivity contribution in [3.05, 3.63) is 63.9 Å². The highest BCUT2D eigenvalue weighted by Gasteiger charge is 2.15. The van der Waals surface area contributed by atoms with Gasteiger partial charge in [-0.25, -0.2) is 9.18 Å². The minimum absolute atomic E-state index is 0.223. The van der Waals surface area contributed by atoms with Crippen LogP contribution in [-0.4, -0.2) is 18.5 Å². The molecule has 0 spiro atoms. The van der Waals surface area contributed by atoms with Gasteiger partial charge in [0, 0.05) is 10.2 Å². The van der Waals surface area contributed by atoms with Crippen molar-refractivity contribution in [2.45, 2.75) is 13.3 Å². The number of carbonyl (C=O) groups is 2. The topological polar surface area (TPSA) is 55.4 Å². The first-order valence-corrected chi connectivity index (χ1v) is 7.80. The molecule has 0 bridgehead atoms. The van der Waals surface area contributed by atoms with Gasteiger partial charge in [0.15, 0.2) is 6.61 Å². The van der Waals surface area contributed by atoms with Crippen LogP contribution < -0.4 is 5.32 Å². The van der Waals surface area contributed by atoms with Gasteiger partial charge in [-0.2, -0.15) is 0 Å². The van der Waals surface area contributed by atoms with Gasteiger partial charge in [-0.05, 0) is 42.3 Å². The Kier molecular flexibility index (Phi) is 5.87. The van der Waals surface area contributed by atoms with Crippen molar-refractivity contribution in [1.29, 1.82) is 0 Å². The number of hydrogen-bond acceptors (Lipinski definition) is 3. The monoisotopic (exact) mass is 379 g/mol. The summed E-state index contributed by atoms with van der Waals surface area (Å²) in [6.07, 6.45) is 0.907. The fraction of sp³-hybridized carbons (Fsp3) is 0.176. The Bertz CT molecular complexity index is 716. The van der Waals surface area contributed by atoms with Crippen LogP contribution in [0.2, 0.25) is 0 Å². The zero-order chi connectivity index (χ0) is 16.8. The lowest BCUT2D eigenvalue weighted by molar-refractivity contribution is -0.119. The van der Waals surface area contributed by atoms with Crippen LogP contribution in [0.4, 0.5) is 10.1 Å². The van der Waals surface area contributed by atoms with E-state index in [0.717, 1.165) is 18.1 Å². The molecule has 23 heavy (non-hydrogen) atoms. The van der Waals surface area contributed by atoms with Gasteiger partial charge in [0.25, 0.3) is 5.91 Å². The van der Waals surface area contributed by atoms with Crippen LogP contribution >= 0.6 is 15.9 Å². The molecule has 0 saturated heterocycles. The highest BCUT2D eigenvalue weighted by molar-refractivity contribution is 9.10. The van der Waals surface area contributed by atoms with E-state index in [0.29, 0.717) is 10.2 Å². The average Bonchev–Trinajstić information content (AvgIpc) is 2.55. The van der Waals surface area contributed by atoms with Crippen molar-refractivity contribution in [2.75, 3.05) is 11.9 Å². The lowest BCUT2D eigenvalue weighted by Gasteiger charge is -2.08. The first-order valence-electron chi connectivity index (χ1n) is 7.00. The Morgan fingerprint density at radius 1 is 1.17 bits per heavy atom. The van der Waals surface area contributed by atoms with E-state index in [2.05, 4.69) is 21.2 Å². The van der Waals surface area contributed by atoms with Crippen LogP contribution in [0.1, 0.15) is 22.8 Å². The third-order valence-electron chi connectivity index (χ3n) is 3.13. The summed E-state index contributed by atoms with van der Waals surface area (Å²) in [6.45, 7) is 1.55. The molecule has 120 valence electrons. The molecular formula is C17H15BrFNO3. The van der Waals surface area contributed by atoms with E-state index in [1.807, 2.05) is 19.1 Å². The first kappa shape index (κ1) is 17.1. The number of halogens is 2. The Balaban J connectivity index is 1.90. The van der Waals surface area contributed by atoms with Gasteiger partial charge in [0.2, 0.25) is 0 Å². The summed E-state index contributed by atoms with van der Waals surface area (Å²) in [5.41, 5.74) is 1.54. The number of benzene rings is 2. The summed E-state index contributed by atoms with van der Waals surface area (Å²) in [5.74, 6) is -2.08. The van der Waals surface area contributed by atoms with E-state index in [9.17, 15) is 14.0 Å². The molecule has 1 N–H and O–H groups in total. The number of esters is 1. The minimum Gasteiger partial charge on any atom is -0.452 e. The summed E-state index contributed by atoms with van der Waals surface area (Å²) in [7, 11) is 0. The molecule has 2 aromatic carbocycles. The Morgan fingerprint density at radius 3 is 2.52 bits per heavy atom. The van der Waals surface area contributed by atoms with Gasteiger partial charge in [0.1, 0.15) is 5.82 Å². The molecule has 0 aliphatic heterocycles. The van der Waals surface area contributed by atoms with Crippen molar-refractivity contribution >= 4 is 33.5 Å². The maximum atomic E-state index is 13.5. The maximum absolute atomic E-state index is 13.5. The normalized spacial score (nSPS) is 10.2. The van der Waals surface area contributed by atoms with Crippen LogP contribution in [0.25, 0.3) is 0 Å². The van der Waals surface area contributed by atoms with E-state index in [1.165, 1.54) is 12.1 Å². The van der Waals surface area contributed by atoms with Crippen molar-refractivity contribution in [3.8, 4) is 0 Å². The van der Waals surface area contributed by atoms with E-state index in [4.69, 9.17) is 4.74 Å². The predicted molar refractivity (Wildman–Crippen MR) is 88.8 cm³/mol. The molecule has 0 heterocycles. The fourth-order valence-electron chi connectivity index (χ4n) is 1.88. The summed E-state index contributed by atoms with van der Waals surface area (Å²) in [5, 5.41) is 2.61. The second kappa shape index (κ2) is 7.87. The molecule has 4 nitrogen and oxygen atoms in total. The molecule has 2 rings (SSSR count). The van der Waals surface area contributed by atoms with Gasteiger partial charge in [0.05, 0.1) is 5.56 Å². The highest BCUT2D eigenvalue weighted by Crippen LogP contribution is 2.16. The SMILES string of the molecule is CCc1ccc(NC(=O)COC(=O)c2cc(Br)ccc2F)cc1. The summed E-state index contributed by atoms with van der Waals surface area (Å²) in [4.78, 5) is 23.6. The Hall–Kier alpha value is -2.21. The molecule has 6 heteroatoms. The fourth-order valence-corrected chi connectivity index (χ4v) is 2.24. The van der Waals surface area contributed by atoms with E-state index in [1.54, 1.807) is 12.1 Å². The molecule has 0 aromatic heterocycles. The van der Waals surface area contributed by atoms with Gasteiger partial charge >= 0.3 is 5.97 Å². The zero-order valence-electron chi connectivity index (χ0n) is 12.4. The number of aryl methyl sites for hydroxylation is 1. The lowest BCUT2D eigenvalue weighted by Crippen LogP contribution is -2.21. The standard InChI is InChI=1S/C17H15BrFNO3/c1-2-11-3-6-13(7-4-11)20-16(21)10-23-17(22)14-9-12(18)5-8-15(14)19/h3-9H,2,10H2,1H3,(H,20,21). The van der Waals surface area contributed by atoms with E-state index in [-0.39, 0.29) is 5.56 Å². The smallest absolute Gasteiger partial charge is 0.341 e. The summed E-state index contributed by atoms with van der Waals surface area (Å²) in [6, 6.07) is 11.3. The second-order valence-corrected chi connectivity index (χ2v) is 5.71. The highest BCUT2D eigenvalue weighted by atomic mass is 79.9. The van der Waals surface area contributed by atoms with Crippen molar-refractivity contribution in [2.24, 2.45) is 0 Å². The Morgan fingerprint density at radius 2 is 1.87 bits per heavy atom. The zero-order valence-corrected chi connectivity index (χ0v) is 14.0. The van der Waals surface area contributed by atoms with Gasteiger partial charge in [-0.3, -0.25) is 4.79 Å². The maximum Gasteiger partial charge on any atom is 0.341 e. The van der Waals surface area contributed by atoms with Crippen molar-refractivity contribution in [1.82, 2.24) is 0 Å². The summed E-state index contributed by atoms with van der Waals surface area (Å²) < 4.78 is 18.9.